The molecule has 0 spiro atoms. The Morgan fingerprint density at radius 3 is 2.52 bits per heavy atom. The summed E-state index contributed by atoms with van der Waals surface area (Å²) in [5.74, 6) is 0.312. The number of aromatic nitrogens is 1. The minimum absolute atomic E-state index is 0.312. The lowest BCUT2D eigenvalue weighted by molar-refractivity contribution is 0.209. The SMILES string of the molecule is C1CC1.Cc1ccc(Cl)cc1-c1ccc2cc(NC(=O)O)ncc2c1. The summed E-state index contributed by atoms with van der Waals surface area (Å²) >= 11 is 6.08. The molecule has 4 nitrogen and oxygen atoms in total. The molecule has 0 atom stereocenters. The van der Waals surface area contributed by atoms with E-state index in [0.717, 1.165) is 27.5 Å². The number of hydrogen-bond donors (Lipinski definition) is 2. The van der Waals surface area contributed by atoms with E-state index in [1.807, 2.05) is 43.3 Å². The highest BCUT2D eigenvalue weighted by molar-refractivity contribution is 6.30. The minimum Gasteiger partial charge on any atom is -0.465 e. The first-order chi connectivity index (χ1) is 12.0. The van der Waals surface area contributed by atoms with Gasteiger partial charge in [0, 0.05) is 16.6 Å². The molecule has 1 aliphatic rings. The van der Waals surface area contributed by atoms with Crippen LogP contribution in [0.15, 0.2) is 48.7 Å². The second kappa shape index (κ2) is 7.53. The van der Waals surface area contributed by atoms with E-state index in [9.17, 15) is 4.79 Å². The molecule has 5 heteroatoms. The van der Waals surface area contributed by atoms with Gasteiger partial charge in [-0.1, -0.05) is 49.1 Å². The maximum absolute atomic E-state index is 10.6. The fourth-order valence-electron chi connectivity index (χ4n) is 2.39. The molecule has 1 aromatic heterocycles. The summed E-state index contributed by atoms with van der Waals surface area (Å²) in [7, 11) is 0. The smallest absolute Gasteiger partial charge is 0.410 e. The molecule has 3 aromatic rings. The number of nitrogens with one attached hydrogen (secondary N) is 1. The van der Waals surface area contributed by atoms with Crippen molar-refractivity contribution in [2.45, 2.75) is 26.2 Å². The molecule has 2 aromatic carbocycles. The third-order valence-corrected chi connectivity index (χ3v) is 4.06. The van der Waals surface area contributed by atoms with Gasteiger partial charge in [-0.25, -0.2) is 9.78 Å². The van der Waals surface area contributed by atoms with Crippen LogP contribution in [0.2, 0.25) is 5.02 Å². The van der Waals surface area contributed by atoms with E-state index in [0.29, 0.717) is 10.8 Å². The van der Waals surface area contributed by atoms with Gasteiger partial charge in [-0.05, 0) is 53.3 Å². The van der Waals surface area contributed by atoms with E-state index < -0.39 is 6.09 Å². The second-order valence-corrected chi connectivity index (χ2v) is 6.52. The quantitative estimate of drug-likeness (QED) is 0.582. The maximum Gasteiger partial charge on any atom is 0.410 e. The summed E-state index contributed by atoms with van der Waals surface area (Å²) in [5, 5.41) is 13.5. The highest BCUT2D eigenvalue weighted by atomic mass is 35.5. The molecule has 1 heterocycles. The Labute approximate surface area is 151 Å². The van der Waals surface area contributed by atoms with Crippen LogP contribution >= 0.6 is 11.6 Å². The van der Waals surface area contributed by atoms with Crippen molar-refractivity contribution in [2.75, 3.05) is 5.32 Å². The van der Waals surface area contributed by atoms with Gasteiger partial charge in [0.2, 0.25) is 0 Å². The number of fused-ring (bicyclic) bond motifs is 1. The van der Waals surface area contributed by atoms with Crippen molar-refractivity contribution in [2.24, 2.45) is 0 Å². The molecule has 0 radical (unpaired) electrons. The van der Waals surface area contributed by atoms with Crippen LogP contribution in [0.25, 0.3) is 21.9 Å². The van der Waals surface area contributed by atoms with Crippen LogP contribution in [0.4, 0.5) is 10.6 Å². The van der Waals surface area contributed by atoms with Crippen molar-refractivity contribution < 1.29 is 9.90 Å². The molecule has 1 saturated carbocycles. The average molecular weight is 355 g/mol. The first-order valence-electron chi connectivity index (χ1n) is 8.19. The summed E-state index contributed by atoms with van der Waals surface area (Å²) in [5.41, 5.74) is 3.26. The second-order valence-electron chi connectivity index (χ2n) is 6.08. The van der Waals surface area contributed by atoms with Crippen molar-refractivity contribution >= 4 is 34.3 Å². The summed E-state index contributed by atoms with van der Waals surface area (Å²) in [6.07, 6.45) is 5.03. The predicted octanol–water partition coefficient (Wildman–Crippen LogP) is 6.12. The highest BCUT2D eigenvalue weighted by Crippen LogP contribution is 2.29. The van der Waals surface area contributed by atoms with Crippen molar-refractivity contribution in [3.63, 3.8) is 0 Å². The van der Waals surface area contributed by atoms with Crippen LogP contribution < -0.4 is 5.32 Å². The molecule has 0 unspecified atom stereocenters. The minimum atomic E-state index is -1.13. The van der Waals surface area contributed by atoms with Gasteiger partial charge in [0.05, 0.1) is 0 Å². The van der Waals surface area contributed by atoms with Crippen molar-refractivity contribution in [1.82, 2.24) is 4.98 Å². The third kappa shape index (κ3) is 4.70. The molecule has 25 heavy (non-hydrogen) atoms. The molecule has 1 aliphatic carbocycles. The van der Waals surface area contributed by atoms with Gasteiger partial charge < -0.3 is 5.11 Å². The number of carboxylic acid groups (broad SMARTS) is 1. The molecule has 4 rings (SSSR count). The van der Waals surface area contributed by atoms with E-state index in [4.69, 9.17) is 16.7 Å². The number of amides is 1. The van der Waals surface area contributed by atoms with E-state index in [2.05, 4.69) is 10.3 Å². The molecule has 2 N–H and O–H groups in total. The molecular weight excluding hydrogens is 336 g/mol. The molecule has 128 valence electrons. The van der Waals surface area contributed by atoms with E-state index >= 15 is 0 Å². The standard InChI is InChI=1S/C17H13ClN2O2.C3H6/c1-10-2-5-14(18)8-15(10)12-4-3-11-7-16(20-17(21)22)19-9-13(11)6-12;1-2-3-1/h2-9H,1H3,(H,19,20)(H,21,22);1-3H2. The van der Waals surface area contributed by atoms with Crippen molar-refractivity contribution in [3.05, 3.63) is 59.2 Å². The Kier molecular flexibility index (Phi) is 5.19. The average Bonchev–Trinajstić information content (AvgIpc) is 3.45. The molecular formula is C20H19ClN2O2. The van der Waals surface area contributed by atoms with Crippen LogP contribution in [0.5, 0.6) is 0 Å². The van der Waals surface area contributed by atoms with Crippen LogP contribution in [0, 0.1) is 6.92 Å². The first-order valence-corrected chi connectivity index (χ1v) is 8.57. The number of nitrogens with zero attached hydrogens (tertiary/aromatic N) is 1. The van der Waals surface area contributed by atoms with Crippen LogP contribution in [-0.2, 0) is 0 Å². The number of anilines is 1. The van der Waals surface area contributed by atoms with Gasteiger partial charge in [-0.2, -0.15) is 0 Å². The molecule has 0 aliphatic heterocycles. The van der Waals surface area contributed by atoms with Crippen molar-refractivity contribution in [1.29, 1.82) is 0 Å². The zero-order chi connectivity index (χ0) is 17.8. The number of carbonyl (C=O) groups is 1. The number of hydrogen-bond acceptors (Lipinski definition) is 2. The Morgan fingerprint density at radius 1 is 1.08 bits per heavy atom. The maximum atomic E-state index is 10.6. The lowest BCUT2D eigenvalue weighted by Crippen LogP contribution is -2.08. The Hall–Kier alpha value is -2.59. The van der Waals surface area contributed by atoms with Gasteiger partial charge in [-0.3, -0.25) is 5.32 Å². The molecule has 0 bridgehead atoms. The van der Waals surface area contributed by atoms with Crippen LogP contribution in [-0.4, -0.2) is 16.2 Å². The fourth-order valence-corrected chi connectivity index (χ4v) is 2.56. The lowest BCUT2D eigenvalue weighted by atomic mass is 9.98. The zero-order valence-corrected chi connectivity index (χ0v) is 14.7. The van der Waals surface area contributed by atoms with E-state index in [1.54, 1.807) is 12.3 Å². The van der Waals surface area contributed by atoms with E-state index in [-0.39, 0.29) is 0 Å². The lowest BCUT2D eigenvalue weighted by Gasteiger charge is -2.09. The molecule has 1 fully saturated rings. The largest absolute Gasteiger partial charge is 0.465 e. The van der Waals surface area contributed by atoms with Gasteiger partial charge in [-0.15, -0.1) is 0 Å². The van der Waals surface area contributed by atoms with Gasteiger partial charge in [0.25, 0.3) is 0 Å². The molecule has 1 amide bonds. The Balaban J connectivity index is 0.000000549. The normalized spacial score (nSPS) is 12.2. The van der Waals surface area contributed by atoms with E-state index in [1.165, 1.54) is 19.3 Å². The fraction of sp³-hybridized carbons (Fsp3) is 0.200. The number of halogens is 1. The third-order valence-electron chi connectivity index (χ3n) is 3.82. The summed E-state index contributed by atoms with van der Waals surface area (Å²) in [4.78, 5) is 14.8. The summed E-state index contributed by atoms with van der Waals surface area (Å²) < 4.78 is 0. The van der Waals surface area contributed by atoms with Gasteiger partial charge in [0.1, 0.15) is 5.82 Å². The van der Waals surface area contributed by atoms with Gasteiger partial charge >= 0.3 is 6.09 Å². The first kappa shape index (κ1) is 17.2. The summed E-state index contributed by atoms with van der Waals surface area (Å²) in [6.45, 7) is 2.04. The van der Waals surface area contributed by atoms with Gasteiger partial charge in [0.15, 0.2) is 0 Å². The zero-order valence-electron chi connectivity index (χ0n) is 13.9. The highest BCUT2D eigenvalue weighted by Gasteiger charge is 2.06. The summed E-state index contributed by atoms with van der Waals surface area (Å²) in [6, 6.07) is 13.5. The number of pyridine rings is 1. The number of aryl methyl sites for hydroxylation is 1. The van der Waals surface area contributed by atoms with Crippen LogP contribution in [0.1, 0.15) is 24.8 Å². The number of benzene rings is 2. The number of rotatable bonds is 2. The molecule has 0 saturated heterocycles. The Morgan fingerprint density at radius 2 is 1.84 bits per heavy atom. The monoisotopic (exact) mass is 354 g/mol. The predicted molar refractivity (Wildman–Crippen MR) is 102 cm³/mol. The van der Waals surface area contributed by atoms with Crippen molar-refractivity contribution in [3.8, 4) is 11.1 Å². The Bertz CT molecular complexity index is 920. The topological polar surface area (TPSA) is 62.2 Å². The van der Waals surface area contributed by atoms with Crippen LogP contribution in [0.3, 0.4) is 0 Å².